The highest BCUT2D eigenvalue weighted by Gasteiger charge is 2.22. The average Bonchev–Trinajstić information content (AvgIpc) is 3.07. The van der Waals surface area contributed by atoms with Gasteiger partial charge >= 0.3 is 0 Å². The zero-order valence-corrected chi connectivity index (χ0v) is 14.3. The van der Waals surface area contributed by atoms with Gasteiger partial charge in [0.1, 0.15) is 0 Å². The van der Waals surface area contributed by atoms with Crippen LogP contribution in [-0.4, -0.2) is 39.9 Å². The summed E-state index contributed by atoms with van der Waals surface area (Å²) in [6, 6.07) is 17.9. The van der Waals surface area contributed by atoms with Gasteiger partial charge in [-0.1, -0.05) is 42.5 Å². The van der Waals surface area contributed by atoms with Crippen molar-refractivity contribution in [1.82, 2.24) is 14.5 Å². The molecule has 0 N–H and O–H groups in total. The maximum Gasteiger partial charge on any atom is 0.176 e. The average molecular weight is 333 g/mol. The number of likely N-dealkylation sites (tertiary alicyclic amines) is 1. The van der Waals surface area contributed by atoms with Gasteiger partial charge in [0.2, 0.25) is 0 Å². The molecular weight excluding hydrogens is 310 g/mol. The number of carbonyl (C=O) groups is 1. The Morgan fingerprint density at radius 1 is 1.00 bits per heavy atom. The molecule has 2 heterocycles. The molecule has 3 aromatic rings. The molecule has 0 amide bonds. The van der Waals surface area contributed by atoms with Gasteiger partial charge < -0.3 is 4.57 Å². The summed E-state index contributed by atoms with van der Waals surface area (Å²) in [5, 5.41) is 0. The monoisotopic (exact) mass is 333 g/mol. The van der Waals surface area contributed by atoms with E-state index < -0.39 is 0 Å². The van der Waals surface area contributed by atoms with Crippen LogP contribution in [0.5, 0.6) is 0 Å². The van der Waals surface area contributed by atoms with Gasteiger partial charge in [0.15, 0.2) is 5.78 Å². The highest BCUT2D eigenvalue weighted by atomic mass is 16.1. The van der Waals surface area contributed by atoms with E-state index in [-0.39, 0.29) is 5.78 Å². The van der Waals surface area contributed by atoms with Gasteiger partial charge in [-0.05, 0) is 44.0 Å². The summed E-state index contributed by atoms with van der Waals surface area (Å²) < 4.78 is 2.27. The lowest BCUT2D eigenvalue weighted by Crippen LogP contribution is -2.38. The summed E-state index contributed by atoms with van der Waals surface area (Å²) in [4.78, 5) is 19.1. The number of rotatable bonds is 5. The predicted molar refractivity (Wildman–Crippen MR) is 99.7 cm³/mol. The fourth-order valence-electron chi connectivity index (χ4n) is 3.68. The standard InChI is InChI=1S/C21H23N3O/c25-21(18-6-2-1-3-7-18)15-23-12-10-17(11-13-23)14-24-16-22-19-8-4-5-9-20(19)24/h1-9,16-17H,10-15H2. The first-order chi connectivity index (χ1) is 12.3. The van der Waals surface area contributed by atoms with Crippen LogP contribution in [0, 0.1) is 5.92 Å². The fraction of sp³-hybridized carbons (Fsp3) is 0.333. The molecule has 4 heteroatoms. The summed E-state index contributed by atoms with van der Waals surface area (Å²) >= 11 is 0. The second-order valence-electron chi connectivity index (χ2n) is 6.89. The summed E-state index contributed by atoms with van der Waals surface area (Å²) in [5.74, 6) is 0.875. The molecule has 0 saturated carbocycles. The Kier molecular flexibility index (Phi) is 4.61. The van der Waals surface area contributed by atoms with E-state index in [1.54, 1.807) is 0 Å². The quantitative estimate of drug-likeness (QED) is 0.669. The van der Waals surface area contributed by atoms with Gasteiger partial charge in [-0.15, -0.1) is 0 Å². The van der Waals surface area contributed by atoms with Crippen LogP contribution in [-0.2, 0) is 6.54 Å². The molecule has 25 heavy (non-hydrogen) atoms. The molecular formula is C21H23N3O. The van der Waals surface area contributed by atoms with E-state index in [1.165, 1.54) is 5.52 Å². The highest BCUT2D eigenvalue weighted by molar-refractivity contribution is 5.97. The molecule has 0 spiro atoms. The molecule has 0 bridgehead atoms. The first-order valence-electron chi connectivity index (χ1n) is 9.00. The van der Waals surface area contributed by atoms with E-state index in [4.69, 9.17) is 0 Å². The molecule has 4 nitrogen and oxygen atoms in total. The Balaban J connectivity index is 1.32. The molecule has 0 radical (unpaired) electrons. The van der Waals surface area contributed by atoms with E-state index in [0.29, 0.717) is 12.5 Å². The summed E-state index contributed by atoms with van der Waals surface area (Å²) in [6.45, 7) is 3.54. The number of carbonyl (C=O) groups excluding carboxylic acids is 1. The predicted octanol–water partition coefficient (Wildman–Crippen LogP) is 3.63. The Morgan fingerprint density at radius 3 is 2.52 bits per heavy atom. The molecule has 1 fully saturated rings. The normalized spacial score (nSPS) is 16.3. The van der Waals surface area contributed by atoms with Crippen molar-refractivity contribution in [3.63, 3.8) is 0 Å². The van der Waals surface area contributed by atoms with Gasteiger partial charge in [0.05, 0.1) is 23.9 Å². The molecule has 2 aromatic carbocycles. The molecule has 0 aliphatic carbocycles. The molecule has 1 aliphatic heterocycles. The van der Waals surface area contributed by atoms with Gasteiger partial charge in [0, 0.05) is 12.1 Å². The number of Topliss-reactive ketones (excluding diaryl/α,β-unsaturated/α-hetero) is 1. The van der Waals surface area contributed by atoms with Crippen molar-refractivity contribution < 1.29 is 4.79 Å². The Labute approximate surface area is 148 Å². The zero-order valence-electron chi connectivity index (χ0n) is 14.3. The number of imidazole rings is 1. The summed E-state index contributed by atoms with van der Waals surface area (Å²) in [6.07, 6.45) is 4.22. The van der Waals surface area contributed by atoms with Crippen molar-refractivity contribution in [2.45, 2.75) is 19.4 Å². The Hall–Kier alpha value is -2.46. The van der Waals surface area contributed by atoms with Crippen molar-refractivity contribution in [2.75, 3.05) is 19.6 Å². The molecule has 1 aromatic heterocycles. The van der Waals surface area contributed by atoms with Crippen LogP contribution >= 0.6 is 0 Å². The largest absolute Gasteiger partial charge is 0.330 e. The number of aromatic nitrogens is 2. The Morgan fingerprint density at radius 2 is 1.72 bits per heavy atom. The molecule has 1 saturated heterocycles. The number of fused-ring (bicyclic) bond motifs is 1. The van der Waals surface area contributed by atoms with E-state index in [9.17, 15) is 4.79 Å². The van der Waals surface area contributed by atoms with Crippen molar-refractivity contribution in [1.29, 1.82) is 0 Å². The lowest BCUT2D eigenvalue weighted by molar-refractivity contribution is 0.0891. The van der Waals surface area contributed by atoms with E-state index in [2.05, 4.69) is 32.7 Å². The number of nitrogens with zero attached hydrogens (tertiary/aromatic N) is 3. The minimum atomic E-state index is 0.222. The SMILES string of the molecule is O=C(CN1CCC(Cn2cnc3ccccc32)CC1)c1ccccc1. The maximum absolute atomic E-state index is 12.3. The van der Waals surface area contributed by atoms with Gasteiger partial charge in [-0.2, -0.15) is 0 Å². The molecule has 128 valence electrons. The lowest BCUT2D eigenvalue weighted by Gasteiger charge is -2.31. The number of ketones is 1. The third-order valence-corrected chi connectivity index (χ3v) is 5.15. The van der Waals surface area contributed by atoms with Gasteiger partial charge in [-0.25, -0.2) is 4.98 Å². The van der Waals surface area contributed by atoms with Crippen molar-refractivity contribution >= 4 is 16.8 Å². The zero-order chi connectivity index (χ0) is 17.1. The van der Waals surface area contributed by atoms with Gasteiger partial charge in [-0.3, -0.25) is 9.69 Å². The topological polar surface area (TPSA) is 38.1 Å². The Bertz CT molecular complexity index is 848. The second kappa shape index (κ2) is 7.19. The van der Waals surface area contributed by atoms with E-state index in [0.717, 1.165) is 43.6 Å². The van der Waals surface area contributed by atoms with Crippen LogP contribution in [0.1, 0.15) is 23.2 Å². The van der Waals surface area contributed by atoms with Crippen LogP contribution in [0.4, 0.5) is 0 Å². The number of benzene rings is 2. The minimum Gasteiger partial charge on any atom is -0.330 e. The van der Waals surface area contributed by atoms with Crippen LogP contribution in [0.15, 0.2) is 60.9 Å². The van der Waals surface area contributed by atoms with E-state index >= 15 is 0 Å². The number of hydrogen-bond acceptors (Lipinski definition) is 3. The molecule has 0 unspecified atom stereocenters. The fourth-order valence-corrected chi connectivity index (χ4v) is 3.68. The molecule has 4 rings (SSSR count). The number of hydrogen-bond donors (Lipinski definition) is 0. The number of piperidine rings is 1. The first kappa shape index (κ1) is 16.0. The van der Waals surface area contributed by atoms with Crippen molar-refractivity contribution in [3.8, 4) is 0 Å². The highest BCUT2D eigenvalue weighted by Crippen LogP contribution is 2.22. The summed E-state index contributed by atoms with van der Waals surface area (Å²) in [7, 11) is 0. The van der Waals surface area contributed by atoms with Crippen LogP contribution in [0.3, 0.4) is 0 Å². The third-order valence-electron chi connectivity index (χ3n) is 5.15. The lowest BCUT2D eigenvalue weighted by atomic mass is 9.96. The van der Waals surface area contributed by atoms with Crippen molar-refractivity contribution in [2.24, 2.45) is 5.92 Å². The second-order valence-corrected chi connectivity index (χ2v) is 6.89. The maximum atomic E-state index is 12.3. The van der Waals surface area contributed by atoms with Crippen LogP contribution < -0.4 is 0 Å². The first-order valence-corrected chi connectivity index (χ1v) is 9.00. The molecule has 1 aliphatic rings. The van der Waals surface area contributed by atoms with Gasteiger partial charge in [0.25, 0.3) is 0 Å². The van der Waals surface area contributed by atoms with Crippen LogP contribution in [0.2, 0.25) is 0 Å². The minimum absolute atomic E-state index is 0.222. The van der Waals surface area contributed by atoms with Crippen molar-refractivity contribution in [3.05, 3.63) is 66.5 Å². The van der Waals surface area contributed by atoms with Crippen LogP contribution in [0.25, 0.3) is 11.0 Å². The number of para-hydroxylation sites is 2. The summed E-state index contributed by atoms with van der Waals surface area (Å²) in [5.41, 5.74) is 3.09. The third kappa shape index (κ3) is 3.64. The molecule has 0 atom stereocenters. The smallest absolute Gasteiger partial charge is 0.176 e. The van der Waals surface area contributed by atoms with E-state index in [1.807, 2.05) is 42.7 Å².